The number of methoxy groups -OCH3 is 1. The molecule has 0 atom stereocenters. The van der Waals surface area contributed by atoms with Crippen LogP contribution in [0, 0.1) is 0 Å². The molecule has 0 fully saturated rings. The quantitative estimate of drug-likeness (QED) is 0.594. The second kappa shape index (κ2) is 7.35. The van der Waals surface area contributed by atoms with E-state index >= 15 is 0 Å². The molecule has 5 nitrogen and oxygen atoms in total. The molecule has 1 aromatic heterocycles. The number of hydrogen-bond donors (Lipinski definition) is 0. The third kappa shape index (κ3) is 5.30. The Hall–Kier alpha value is -1.70. The number of hydrogen-bond acceptors (Lipinski definition) is 5. The van der Waals surface area contributed by atoms with E-state index < -0.39 is 18.2 Å². The predicted octanol–water partition coefficient (Wildman–Crippen LogP) is 2.83. The summed E-state index contributed by atoms with van der Waals surface area (Å²) < 4.78 is 50.1. The minimum Gasteiger partial charge on any atom is -0.481 e. The molecule has 0 aromatic carbocycles. The highest BCUT2D eigenvalue weighted by Gasteiger charge is 2.32. The molecular weight excluding hydrogens is 315 g/mol. The van der Waals surface area contributed by atoms with Crippen molar-refractivity contribution < 1.29 is 32.2 Å². The Balaban J connectivity index is 3.18. The maximum absolute atomic E-state index is 12.3. The Labute approximate surface area is 124 Å². The highest BCUT2D eigenvalue weighted by molar-refractivity contribution is 6.17. The topological polar surface area (TPSA) is 57.7 Å². The third-order valence-electron chi connectivity index (χ3n) is 2.34. The van der Waals surface area contributed by atoms with Gasteiger partial charge in [0.2, 0.25) is 11.8 Å². The second-order valence-corrected chi connectivity index (χ2v) is 4.04. The lowest BCUT2D eigenvalue weighted by molar-refractivity contribution is -0.276. The van der Waals surface area contributed by atoms with Gasteiger partial charge in [0.1, 0.15) is 0 Å². The first-order valence-corrected chi connectivity index (χ1v) is 6.38. The smallest absolute Gasteiger partial charge is 0.481 e. The Morgan fingerprint density at radius 2 is 2.10 bits per heavy atom. The molecule has 1 heterocycles. The van der Waals surface area contributed by atoms with Gasteiger partial charge in [-0.25, -0.2) is 0 Å². The first-order chi connectivity index (χ1) is 9.80. The highest BCUT2D eigenvalue weighted by Crippen LogP contribution is 2.30. The molecule has 0 aliphatic heterocycles. The molecule has 0 aliphatic rings. The molecule has 1 rings (SSSR count). The van der Waals surface area contributed by atoms with Crippen LogP contribution >= 0.6 is 11.6 Å². The fourth-order valence-electron chi connectivity index (χ4n) is 1.58. The minimum absolute atomic E-state index is 0.0861. The number of rotatable bonds is 6. The van der Waals surface area contributed by atoms with Crippen LogP contribution in [-0.4, -0.2) is 31.0 Å². The van der Waals surface area contributed by atoms with Gasteiger partial charge >= 0.3 is 12.3 Å². The summed E-state index contributed by atoms with van der Waals surface area (Å²) in [6, 6.07) is 0.991. The average molecular weight is 328 g/mol. The van der Waals surface area contributed by atoms with E-state index in [-0.39, 0.29) is 30.4 Å². The van der Waals surface area contributed by atoms with Crippen molar-refractivity contribution in [2.75, 3.05) is 13.7 Å². The van der Waals surface area contributed by atoms with Gasteiger partial charge in [0, 0.05) is 11.6 Å². The van der Waals surface area contributed by atoms with Crippen molar-refractivity contribution in [3.63, 3.8) is 0 Å². The highest BCUT2D eigenvalue weighted by atomic mass is 35.5. The number of pyridine rings is 1. The molecular formula is C12H13ClF3NO4. The van der Waals surface area contributed by atoms with E-state index in [4.69, 9.17) is 21.1 Å². The van der Waals surface area contributed by atoms with Crippen LogP contribution in [0.2, 0.25) is 0 Å². The van der Waals surface area contributed by atoms with E-state index in [1.165, 1.54) is 7.11 Å². The molecule has 0 saturated heterocycles. The maximum atomic E-state index is 12.3. The summed E-state index contributed by atoms with van der Waals surface area (Å²) in [6.07, 6.45) is -5.16. The summed E-state index contributed by atoms with van der Waals surface area (Å²) in [5.41, 5.74) is 0.510. The van der Waals surface area contributed by atoms with Crippen LogP contribution in [0.3, 0.4) is 0 Å². The fraction of sp³-hybridized carbons (Fsp3) is 0.500. The van der Waals surface area contributed by atoms with Crippen molar-refractivity contribution in [3.05, 3.63) is 17.2 Å². The molecule has 118 valence electrons. The number of carbonyl (C=O) groups excluding carboxylic acids is 1. The number of aromatic nitrogens is 1. The van der Waals surface area contributed by atoms with Crippen molar-refractivity contribution >= 4 is 17.6 Å². The Morgan fingerprint density at radius 3 is 2.57 bits per heavy atom. The van der Waals surface area contributed by atoms with Crippen LogP contribution in [0.15, 0.2) is 6.07 Å². The standard InChI is InChI=1S/C12H13ClF3NO4/c1-3-20-10(18)5-7-4-9(21-12(14,15)16)17-11(19-2)8(7)6-13/h4H,3,5-6H2,1-2H3. The summed E-state index contributed by atoms with van der Waals surface area (Å²) in [6.45, 7) is 1.77. The lowest BCUT2D eigenvalue weighted by Crippen LogP contribution is -2.19. The number of carbonyl (C=O) groups is 1. The monoisotopic (exact) mass is 327 g/mol. The van der Waals surface area contributed by atoms with Crippen LogP contribution in [0.25, 0.3) is 0 Å². The van der Waals surface area contributed by atoms with Crippen LogP contribution in [0.4, 0.5) is 13.2 Å². The Kier molecular flexibility index (Phi) is 6.07. The number of halogens is 4. The van der Waals surface area contributed by atoms with Crippen molar-refractivity contribution in [1.82, 2.24) is 4.98 Å². The van der Waals surface area contributed by atoms with E-state index in [1.807, 2.05) is 0 Å². The molecule has 0 spiro atoms. The van der Waals surface area contributed by atoms with E-state index in [2.05, 4.69) is 9.72 Å². The van der Waals surface area contributed by atoms with Crippen molar-refractivity contribution in [2.24, 2.45) is 0 Å². The summed E-state index contributed by atoms with van der Waals surface area (Å²) in [7, 11) is 1.23. The van der Waals surface area contributed by atoms with Gasteiger partial charge in [-0.1, -0.05) is 0 Å². The molecule has 0 N–H and O–H groups in total. The average Bonchev–Trinajstić information content (AvgIpc) is 2.36. The summed E-state index contributed by atoms with van der Waals surface area (Å²) >= 11 is 5.73. The molecule has 0 unspecified atom stereocenters. The number of alkyl halides is 4. The van der Waals surface area contributed by atoms with Crippen LogP contribution in [0.1, 0.15) is 18.1 Å². The molecule has 0 saturated carbocycles. The Morgan fingerprint density at radius 1 is 1.43 bits per heavy atom. The third-order valence-corrected chi connectivity index (χ3v) is 2.61. The lowest BCUT2D eigenvalue weighted by atomic mass is 10.1. The zero-order chi connectivity index (χ0) is 16.0. The van der Waals surface area contributed by atoms with Gasteiger partial charge < -0.3 is 14.2 Å². The van der Waals surface area contributed by atoms with Gasteiger partial charge in [-0.3, -0.25) is 4.79 Å². The first kappa shape index (κ1) is 17.4. The molecule has 9 heteroatoms. The van der Waals surface area contributed by atoms with E-state index in [0.717, 1.165) is 6.07 Å². The molecule has 0 amide bonds. The lowest BCUT2D eigenvalue weighted by Gasteiger charge is -2.14. The molecule has 0 bridgehead atoms. The second-order valence-electron chi connectivity index (χ2n) is 3.77. The minimum atomic E-state index is -4.90. The van der Waals surface area contributed by atoms with E-state index in [0.29, 0.717) is 5.56 Å². The fourth-order valence-corrected chi connectivity index (χ4v) is 1.87. The number of nitrogens with zero attached hydrogens (tertiary/aromatic N) is 1. The molecule has 0 aliphatic carbocycles. The molecule has 1 aromatic rings. The van der Waals surface area contributed by atoms with Crippen molar-refractivity contribution in [3.8, 4) is 11.8 Å². The van der Waals surface area contributed by atoms with Gasteiger partial charge in [-0.2, -0.15) is 4.98 Å². The van der Waals surface area contributed by atoms with Gasteiger partial charge in [0.25, 0.3) is 0 Å². The van der Waals surface area contributed by atoms with Crippen LogP contribution in [-0.2, 0) is 21.8 Å². The number of ether oxygens (including phenoxy) is 3. The molecule has 0 radical (unpaired) electrons. The summed E-state index contributed by atoms with van der Waals surface area (Å²) in [4.78, 5) is 15.0. The van der Waals surface area contributed by atoms with Crippen LogP contribution < -0.4 is 9.47 Å². The van der Waals surface area contributed by atoms with Crippen LogP contribution in [0.5, 0.6) is 11.8 Å². The summed E-state index contributed by atoms with van der Waals surface area (Å²) in [5.74, 6) is -1.55. The largest absolute Gasteiger partial charge is 0.574 e. The zero-order valence-electron chi connectivity index (χ0n) is 11.3. The van der Waals surface area contributed by atoms with E-state index in [1.54, 1.807) is 6.92 Å². The van der Waals surface area contributed by atoms with Crippen molar-refractivity contribution in [2.45, 2.75) is 25.6 Å². The predicted molar refractivity (Wildman–Crippen MR) is 67.4 cm³/mol. The SMILES string of the molecule is CCOC(=O)Cc1cc(OC(F)(F)F)nc(OC)c1CCl. The maximum Gasteiger partial charge on any atom is 0.574 e. The first-order valence-electron chi connectivity index (χ1n) is 5.84. The summed E-state index contributed by atoms with van der Waals surface area (Å²) in [5, 5.41) is 0. The van der Waals surface area contributed by atoms with Gasteiger partial charge in [0.15, 0.2) is 0 Å². The Bertz CT molecular complexity index is 508. The van der Waals surface area contributed by atoms with Gasteiger partial charge in [-0.05, 0) is 12.5 Å². The van der Waals surface area contributed by atoms with E-state index in [9.17, 15) is 18.0 Å². The van der Waals surface area contributed by atoms with Gasteiger partial charge in [0.05, 0.1) is 26.0 Å². The van der Waals surface area contributed by atoms with Gasteiger partial charge in [-0.15, -0.1) is 24.8 Å². The molecule has 21 heavy (non-hydrogen) atoms. The normalized spacial score (nSPS) is 11.1. The number of esters is 1. The zero-order valence-corrected chi connectivity index (χ0v) is 12.0. The van der Waals surface area contributed by atoms with Crippen molar-refractivity contribution in [1.29, 1.82) is 0 Å².